The minimum atomic E-state index is 0.0781. The quantitative estimate of drug-likeness (QED) is 0.716. The van der Waals surface area contributed by atoms with Gasteiger partial charge in [0.05, 0.1) is 0 Å². The van der Waals surface area contributed by atoms with Gasteiger partial charge in [-0.1, -0.05) is 25.7 Å². The molecule has 0 aromatic carbocycles. The maximum atomic E-state index is 11.7. The molecule has 2 atom stereocenters. The Hall–Kier alpha value is -0.410. The highest BCUT2D eigenvalue weighted by atomic mass is 16.1. The van der Waals surface area contributed by atoms with Crippen LogP contribution in [-0.4, -0.2) is 18.4 Å². The van der Waals surface area contributed by atoms with Gasteiger partial charge < -0.3 is 11.5 Å². The molecule has 0 aromatic rings. The van der Waals surface area contributed by atoms with Crippen LogP contribution in [0.25, 0.3) is 0 Å². The van der Waals surface area contributed by atoms with Crippen LogP contribution in [0.15, 0.2) is 0 Å². The number of rotatable bonds is 3. The van der Waals surface area contributed by atoms with Crippen molar-refractivity contribution in [3.8, 4) is 0 Å². The molecule has 3 heteroatoms. The highest BCUT2D eigenvalue weighted by molar-refractivity contribution is 5.81. The van der Waals surface area contributed by atoms with Crippen molar-refractivity contribution in [1.29, 1.82) is 0 Å². The first kappa shape index (κ1) is 11.7. The molecule has 0 amide bonds. The average Bonchev–Trinajstić information content (AvgIpc) is 2.12. The predicted octanol–water partition coefficient (Wildman–Crippen LogP) is 1.20. The summed E-state index contributed by atoms with van der Waals surface area (Å²) in [4.78, 5) is 11.7. The van der Waals surface area contributed by atoms with Gasteiger partial charge in [-0.15, -0.1) is 0 Å². The van der Waals surface area contributed by atoms with Crippen molar-refractivity contribution in [1.82, 2.24) is 0 Å². The topological polar surface area (TPSA) is 69.1 Å². The van der Waals surface area contributed by atoms with Crippen LogP contribution in [0.2, 0.25) is 0 Å². The Labute approximate surface area is 86.2 Å². The molecule has 82 valence electrons. The van der Waals surface area contributed by atoms with Crippen molar-refractivity contribution in [3.63, 3.8) is 0 Å². The molecule has 14 heavy (non-hydrogen) atoms. The first-order valence-corrected chi connectivity index (χ1v) is 5.74. The summed E-state index contributed by atoms with van der Waals surface area (Å²) in [7, 11) is 0. The van der Waals surface area contributed by atoms with E-state index in [1.807, 2.05) is 0 Å². The Morgan fingerprint density at radius 2 is 1.79 bits per heavy atom. The maximum absolute atomic E-state index is 11.7. The van der Waals surface area contributed by atoms with Gasteiger partial charge in [-0.05, 0) is 19.4 Å². The second-order valence-electron chi connectivity index (χ2n) is 4.27. The van der Waals surface area contributed by atoms with E-state index in [-0.39, 0.29) is 17.7 Å². The molecule has 3 nitrogen and oxygen atoms in total. The van der Waals surface area contributed by atoms with E-state index in [0.717, 1.165) is 19.3 Å². The van der Waals surface area contributed by atoms with Gasteiger partial charge in [0.25, 0.3) is 0 Å². The van der Waals surface area contributed by atoms with Crippen molar-refractivity contribution in [2.24, 2.45) is 17.4 Å². The third-order valence-electron chi connectivity index (χ3n) is 3.12. The van der Waals surface area contributed by atoms with Crippen LogP contribution in [0.1, 0.15) is 44.9 Å². The van der Waals surface area contributed by atoms with Crippen LogP contribution in [0.4, 0.5) is 0 Å². The Morgan fingerprint density at radius 1 is 1.14 bits per heavy atom. The smallest absolute Gasteiger partial charge is 0.138 e. The zero-order valence-corrected chi connectivity index (χ0v) is 8.87. The van der Waals surface area contributed by atoms with Crippen LogP contribution in [0.5, 0.6) is 0 Å². The molecule has 4 N–H and O–H groups in total. The number of ketones is 1. The molecular formula is C11H22N2O. The van der Waals surface area contributed by atoms with Gasteiger partial charge in [0.15, 0.2) is 0 Å². The highest BCUT2D eigenvalue weighted by Crippen LogP contribution is 2.23. The lowest BCUT2D eigenvalue weighted by molar-refractivity contribution is -0.123. The Balaban J connectivity index is 2.48. The molecule has 1 saturated carbocycles. The predicted molar refractivity (Wildman–Crippen MR) is 57.8 cm³/mol. The molecule has 0 radical (unpaired) electrons. The monoisotopic (exact) mass is 198 g/mol. The van der Waals surface area contributed by atoms with Crippen LogP contribution in [-0.2, 0) is 4.79 Å². The molecule has 0 aliphatic heterocycles. The molecule has 0 saturated heterocycles. The van der Waals surface area contributed by atoms with Crippen molar-refractivity contribution >= 4 is 5.78 Å². The number of hydrogen-bond acceptors (Lipinski definition) is 3. The zero-order chi connectivity index (χ0) is 10.4. The van der Waals surface area contributed by atoms with Crippen molar-refractivity contribution in [3.05, 3.63) is 0 Å². The van der Waals surface area contributed by atoms with Gasteiger partial charge in [-0.2, -0.15) is 0 Å². The molecule has 1 aliphatic carbocycles. The van der Waals surface area contributed by atoms with Crippen LogP contribution >= 0.6 is 0 Å². The average molecular weight is 198 g/mol. The second kappa shape index (κ2) is 6.14. The highest BCUT2D eigenvalue weighted by Gasteiger charge is 2.25. The van der Waals surface area contributed by atoms with E-state index in [1.54, 1.807) is 0 Å². The van der Waals surface area contributed by atoms with Crippen LogP contribution in [0.3, 0.4) is 0 Å². The SMILES string of the molecule is NCCC(=O)C1CCCCCCC1N. The summed E-state index contributed by atoms with van der Waals surface area (Å²) in [5, 5.41) is 0. The molecule has 2 unspecified atom stereocenters. The molecule has 1 fully saturated rings. The van der Waals surface area contributed by atoms with E-state index < -0.39 is 0 Å². The van der Waals surface area contributed by atoms with Gasteiger partial charge in [0.2, 0.25) is 0 Å². The summed E-state index contributed by atoms with van der Waals surface area (Å²) < 4.78 is 0. The minimum absolute atomic E-state index is 0.0781. The fourth-order valence-corrected chi connectivity index (χ4v) is 2.24. The summed E-state index contributed by atoms with van der Waals surface area (Å²) in [6, 6.07) is 0.0781. The lowest BCUT2D eigenvalue weighted by Gasteiger charge is -2.24. The van der Waals surface area contributed by atoms with E-state index >= 15 is 0 Å². The summed E-state index contributed by atoms with van der Waals surface area (Å²) >= 11 is 0. The molecule has 0 bridgehead atoms. The number of Topliss-reactive ketones (excluding diaryl/α,β-unsaturated/α-hetero) is 1. The van der Waals surface area contributed by atoms with Gasteiger partial charge in [-0.25, -0.2) is 0 Å². The van der Waals surface area contributed by atoms with Crippen LogP contribution < -0.4 is 11.5 Å². The Morgan fingerprint density at radius 3 is 2.43 bits per heavy atom. The molecule has 1 rings (SSSR count). The molecule has 1 aliphatic rings. The maximum Gasteiger partial charge on any atom is 0.138 e. The first-order valence-electron chi connectivity index (χ1n) is 5.74. The standard InChI is InChI=1S/C11H22N2O/c12-8-7-11(14)9-5-3-1-2-4-6-10(9)13/h9-10H,1-8,12-13H2. The number of nitrogens with two attached hydrogens (primary N) is 2. The van der Waals surface area contributed by atoms with E-state index in [2.05, 4.69) is 0 Å². The van der Waals surface area contributed by atoms with Gasteiger partial charge in [-0.3, -0.25) is 4.79 Å². The normalized spacial score (nSPS) is 29.3. The van der Waals surface area contributed by atoms with E-state index in [1.165, 1.54) is 19.3 Å². The Bertz CT molecular complexity index is 182. The lowest BCUT2D eigenvalue weighted by atomic mass is 9.83. The molecule has 0 aromatic heterocycles. The first-order chi connectivity index (χ1) is 6.75. The van der Waals surface area contributed by atoms with Crippen LogP contribution in [0, 0.1) is 5.92 Å². The van der Waals surface area contributed by atoms with Crippen molar-refractivity contribution < 1.29 is 4.79 Å². The lowest BCUT2D eigenvalue weighted by Crippen LogP contribution is -2.37. The number of hydrogen-bond donors (Lipinski definition) is 2. The fourth-order valence-electron chi connectivity index (χ4n) is 2.24. The van der Waals surface area contributed by atoms with E-state index in [9.17, 15) is 4.79 Å². The van der Waals surface area contributed by atoms with E-state index in [0.29, 0.717) is 13.0 Å². The third-order valence-corrected chi connectivity index (χ3v) is 3.12. The number of carbonyl (C=O) groups excluding carboxylic acids is 1. The van der Waals surface area contributed by atoms with Crippen molar-refractivity contribution in [2.45, 2.75) is 51.0 Å². The largest absolute Gasteiger partial charge is 0.330 e. The molecule has 0 heterocycles. The third kappa shape index (κ3) is 3.39. The van der Waals surface area contributed by atoms with E-state index in [4.69, 9.17) is 11.5 Å². The Kier molecular flexibility index (Phi) is 5.12. The zero-order valence-electron chi connectivity index (χ0n) is 8.87. The van der Waals surface area contributed by atoms with Gasteiger partial charge >= 0.3 is 0 Å². The summed E-state index contributed by atoms with van der Waals surface area (Å²) in [5.41, 5.74) is 11.4. The summed E-state index contributed by atoms with van der Waals surface area (Å²) in [5.74, 6) is 0.362. The summed E-state index contributed by atoms with van der Waals surface area (Å²) in [6.45, 7) is 0.460. The van der Waals surface area contributed by atoms with Crippen molar-refractivity contribution in [2.75, 3.05) is 6.54 Å². The van der Waals surface area contributed by atoms with Gasteiger partial charge in [0, 0.05) is 18.4 Å². The molecule has 0 spiro atoms. The minimum Gasteiger partial charge on any atom is -0.330 e. The fraction of sp³-hybridized carbons (Fsp3) is 0.909. The number of carbonyl (C=O) groups is 1. The molecular weight excluding hydrogens is 176 g/mol. The second-order valence-corrected chi connectivity index (χ2v) is 4.27. The summed E-state index contributed by atoms with van der Waals surface area (Å²) in [6.07, 6.45) is 7.31. The van der Waals surface area contributed by atoms with Gasteiger partial charge in [0.1, 0.15) is 5.78 Å².